The Morgan fingerprint density at radius 2 is 2.00 bits per heavy atom. The van der Waals surface area contributed by atoms with Crippen LogP contribution in [0.4, 0.5) is 4.39 Å². The highest BCUT2D eigenvalue weighted by Crippen LogP contribution is 2.28. The zero-order valence-corrected chi connectivity index (χ0v) is 12.0. The smallest absolute Gasteiger partial charge is 0.251 e. The van der Waals surface area contributed by atoms with E-state index in [1.54, 1.807) is 0 Å². The Morgan fingerprint density at radius 1 is 1.33 bits per heavy atom. The molecule has 1 aromatic rings. The van der Waals surface area contributed by atoms with Crippen LogP contribution in [0, 0.1) is 5.82 Å². The zero-order chi connectivity index (χ0) is 13.2. The molecule has 0 aromatic heterocycles. The highest BCUT2D eigenvalue weighted by Gasteiger charge is 2.28. The predicted octanol–water partition coefficient (Wildman–Crippen LogP) is 4.04. The van der Waals surface area contributed by atoms with Crippen molar-refractivity contribution in [2.75, 3.05) is 0 Å². The summed E-state index contributed by atoms with van der Waals surface area (Å²) in [6.45, 7) is 2.09. The van der Waals surface area contributed by atoms with Gasteiger partial charge in [0.2, 0.25) is 0 Å². The van der Waals surface area contributed by atoms with Gasteiger partial charge in [0, 0.05) is 11.1 Å². The second-order valence-corrected chi connectivity index (χ2v) is 6.06. The fraction of sp³-hybridized carbons (Fsp3) is 0.500. The minimum atomic E-state index is -0.351. The molecule has 1 amide bonds. The van der Waals surface area contributed by atoms with Crippen molar-refractivity contribution in [1.82, 2.24) is 5.32 Å². The molecule has 0 atom stereocenters. The van der Waals surface area contributed by atoms with E-state index < -0.39 is 0 Å². The Labute approximate surface area is 115 Å². The van der Waals surface area contributed by atoms with Crippen molar-refractivity contribution in [2.45, 2.75) is 44.6 Å². The lowest BCUT2D eigenvalue weighted by Crippen LogP contribution is -2.47. The van der Waals surface area contributed by atoms with Crippen LogP contribution >= 0.6 is 15.9 Å². The molecule has 1 fully saturated rings. The molecule has 1 N–H and O–H groups in total. The molecule has 98 valence electrons. The Hall–Kier alpha value is -0.900. The first-order chi connectivity index (χ1) is 8.50. The minimum absolute atomic E-state index is 0.115. The monoisotopic (exact) mass is 313 g/mol. The number of carbonyl (C=O) groups excluding carboxylic acids is 1. The SMILES string of the molecule is CC1(NC(=O)c2ccc(F)c(Br)c2)CCCCC1. The number of halogens is 2. The van der Waals surface area contributed by atoms with Gasteiger partial charge in [-0.25, -0.2) is 4.39 Å². The first kappa shape index (κ1) is 13.5. The van der Waals surface area contributed by atoms with Crippen LogP contribution in [0.25, 0.3) is 0 Å². The van der Waals surface area contributed by atoms with Crippen LogP contribution in [0.3, 0.4) is 0 Å². The number of hydrogen-bond donors (Lipinski definition) is 1. The lowest BCUT2D eigenvalue weighted by molar-refractivity contribution is 0.0882. The van der Waals surface area contributed by atoms with Crippen LogP contribution in [0.15, 0.2) is 22.7 Å². The summed E-state index contributed by atoms with van der Waals surface area (Å²) in [7, 11) is 0. The highest BCUT2D eigenvalue weighted by molar-refractivity contribution is 9.10. The van der Waals surface area contributed by atoms with Gasteiger partial charge in [-0.1, -0.05) is 19.3 Å². The van der Waals surface area contributed by atoms with Crippen LogP contribution in [0.1, 0.15) is 49.4 Å². The molecule has 2 nitrogen and oxygen atoms in total. The molecule has 0 radical (unpaired) electrons. The summed E-state index contributed by atoms with van der Waals surface area (Å²) < 4.78 is 13.4. The van der Waals surface area contributed by atoms with E-state index in [9.17, 15) is 9.18 Å². The van der Waals surface area contributed by atoms with Gasteiger partial charge in [0.05, 0.1) is 4.47 Å². The zero-order valence-electron chi connectivity index (χ0n) is 10.4. The van der Waals surface area contributed by atoms with Crippen LogP contribution in [-0.2, 0) is 0 Å². The third-order valence-electron chi connectivity index (χ3n) is 3.55. The normalized spacial score (nSPS) is 18.4. The van der Waals surface area contributed by atoms with Gasteiger partial charge in [-0.3, -0.25) is 4.79 Å². The van der Waals surface area contributed by atoms with E-state index in [0.29, 0.717) is 10.0 Å². The third kappa shape index (κ3) is 3.10. The van der Waals surface area contributed by atoms with E-state index in [4.69, 9.17) is 0 Å². The van der Waals surface area contributed by atoms with Crippen molar-refractivity contribution >= 4 is 21.8 Å². The molecule has 0 bridgehead atoms. The number of rotatable bonds is 2. The summed E-state index contributed by atoms with van der Waals surface area (Å²) >= 11 is 3.10. The maximum atomic E-state index is 13.1. The fourth-order valence-electron chi connectivity index (χ4n) is 2.44. The van der Waals surface area contributed by atoms with Gasteiger partial charge in [0.25, 0.3) is 5.91 Å². The molecule has 4 heteroatoms. The molecule has 1 saturated carbocycles. The first-order valence-electron chi connectivity index (χ1n) is 6.28. The molecule has 0 saturated heterocycles. The summed E-state index contributed by atoms with van der Waals surface area (Å²) in [6, 6.07) is 4.35. The average molecular weight is 314 g/mol. The van der Waals surface area contributed by atoms with Crippen LogP contribution < -0.4 is 5.32 Å². The topological polar surface area (TPSA) is 29.1 Å². The maximum absolute atomic E-state index is 13.1. The molecule has 0 heterocycles. The Kier molecular flexibility index (Phi) is 4.05. The van der Waals surface area contributed by atoms with Crippen LogP contribution in [0.5, 0.6) is 0 Å². The Morgan fingerprint density at radius 3 is 2.61 bits per heavy atom. The predicted molar refractivity (Wildman–Crippen MR) is 73.1 cm³/mol. The van der Waals surface area contributed by atoms with Crippen molar-refractivity contribution < 1.29 is 9.18 Å². The number of nitrogens with one attached hydrogen (secondary N) is 1. The molecular weight excluding hydrogens is 297 g/mol. The first-order valence-corrected chi connectivity index (χ1v) is 7.07. The fourth-order valence-corrected chi connectivity index (χ4v) is 2.82. The van der Waals surface area contributed by atoms with E-state index >= 15 is 0 Å². The van der Waals surface area contributed by atoms with E-state index in [0.717, 1.165) is 25.7 Å². The van der Waals surface area contributed by atoms with Crippen molar-refractivity contribution in [1.29, 1.82) is 0 Å². The van der Waals surface area contributed by atoms with Crippen molar-refractivity contribution in [3.05, 3.63) is 34.1 Å². The van der Waals surface area contributed by atoms with E-state index in [1.807, 2.05) is 0 Å². The summed E-state index contributed by atoms with van der Waals surface area (Å²) in [5, 5.41) is 3.08. The minimum Gasteiger partial charge on any atom is -0.347 e. The van der Waals surface area contributed by atoms with Gasteiger partial charge in [-0.2, -0.15) is 0 Å². The van der Waals surface area contributed by atoms with Crippen molar-refractivity contribution in [3.63, 3.8) is 0 Å². The van der Waals surface area contributed by atoms with E-state index in [1.165, 1.54) is 24.6 Å². The standard InChI is InChI=1S/C14H17BrFNO/c1-14(7-3-2-4-8-14)17-13(18)10-5-6-12(16)11(15)9-10/h5-6,9H,2-4,7-8H2,1H3,(H,17,18). The molecule has 0 unspecified atom stereocenters. The summed E-state index contributed by atoms with van der Waals surface area (Å²) in [5.41, 5.74) is 0.381. The second-order valence-electron chi connectivity index (χ2n) is 5.20. The lowest BCUT2D eigenvalue weighted by Gasteiger charge is -2.34. The van der Waals surface area contributed by atoms with Gasteiger partial charge in [0.1, 0.15) is 5.82 Å². The van der Waals surface area contributed by atoms with E-state index in [2.05, 4.69) is 28.2 Å². The van der Waals surface area contributed by atoms with Crippen LogP contribution in [0.2, 0.25) is 0 Å². The average Bonchev–Trinajstić information content (AvgIpc) is 2.33. The Balaban J connectivity index is 2.09. The number of benzene rings is 1. The second kappa shape index (κ2) is 5.39. The molecule has 18 heavy (non-hydrogen) atoms. The molecule has 0 spiro atoms. The molecule has 1 aromatic carbocycles. The highest BCUT2D eigenvalue weighted by atomic mass is 79.9. The Bertz CT molecular complexity index is 455. The lowest BCUT2D eigenvalue weighted by atomic mass is 9.83. The quantitative estimate of drug-likeness (QED) is 0.877. The van der Waals surface area contributed by atoms with Gasteiger partial charge < -0.3 is 5.32 Å². The summed E-state index contributed by atoms with van der Waals surface area (Å²) in [4.78, 5) is 12.1. The number of carbonyl (C=O) groups is 1. The van der Waals surface area contributed by atoms with Crippen LogP contribution in [-0.4, -0.2) is 11.4 Å². The van der Waals surface area contributed by atoms with Crippen molar-refractivity contribution in [2.24, 2.45) is 0 Å². The molecule has 0 aliphatic heterocycles. The maximum Gasteiger partial charge on any atom is 0.251 e. The largest absolute Gasteiger partial charge is 0.347 e. The number of hydrogen-bond acceptors (Lipinski definition) is 1. The number of amides is 1. The van der Waals surface area contributed by atoms with Gasteiger partial charge in [-0.05, 0) is 53.9 Å². The summed E-state index contributed by atoms with van der Waals surface area (Å²) in [6.07, 6.45) is 5.59. The molecule has 1 aliphatic carbocycles. The summed E-state index contributed by atoms with van der Waals surface area (Å²) in [5.74, 6) is -0.476. The van der Waals surface area contributed by atoms with Gasteiger partial charge in [-0.15, -0.1) is 0 Å². The van der Waals surface area contributed by atoms with Gasteiger partial charge in [0.15, 0.2) is 0 Å². The molecule has 1 aliphatic rings. The molecular formula is C14H17BrFNO. The molecule has 2 rings (SSSR count). The van der Waals surface area contributed by atoms with Gasteiger partial charge >= 0.3 is 0 Å². The van der Waals surface area contributed by atoms with E-state index in [-0.39, 0.29) is 17.3 Å². The van der Waals surface area contributed by atoms with Crippen molar-refractivity contribution in [3.8, 4) is 0 Å². The third-order valence-corrected chi connectivity index (χ3v) is 4.16.